The van der Waals surface area contributed by atoms with Gasteiger partial charge in [-0.25, -0.2) is 13.1 Å². The first kappa shape index (κ1) is 22.7. The van der Waals surface area contributed by atoms with Crippen molar-refractivity contribution in [3.05, 3.63) is 54.1 Å². The number of rotatable bonds is 10. The van der Waals surface area contributed by atoms with Gasteiger partial charge in [0, 0.05) is 23.0 Å². The first-order valence-electron chi connectivity index (χ1n) is 10.2. The molecule has 2 N–H and O–H groups in total. The molecule has 30 heavy (non-hydrogen) atoms. The number of hydrogen-bond donors (Lipinski definition) is 2. The molecule has 1 aliphatic rings. The van der Waals surface area contributed by atoms with Crippen LogP contribution in [-0.2, 0) is 10.0 Å². The van der Waals surface area contributed by atoms with E-state index in [-0.39, 0.29) is 22.6 Å². The number of methoxy groups -OCH3 is 1. The minimum atomic E-state index is -3.76. The first-order chi connectivity index (χ1) is 14.5. The molecule has 1 aliphatic carbocycles. The molecule has 0 atom stereocenters. The standard InChI is InChI=1S/C22H28N2O4S2/c1-28-20-13-12-17(16-21(20)30(26,27)24-18-8-5-6-9-18)22(25)23-14-7-15-29-19-10-3-2-4-11-19/h2-4,10-13,16,18,24H,5-9,14-15H2,1H3,(H,23,25). The number of benzene rings is 2. The highest BCUT2D eigenvalue weighted by Gasteiger charge is 2.26. The predicted molar refractivity (Wildman–Crippen MR) is 120 cm³/mol. The smallest absolute Gasteiger partial charge is 0.251 e. The fourth-order valence-corrected chi connectivity index (χ4v) is 5.81. The SMILES string of the molecule is COc1ccc(C(=O)NCCCSc2ccccc2)cc1S(=O)(=O)NC1CCCC1. The second-order valence-electron chi connectivity index (χ2n) is 7.24. The van der Waals surface area contributed by atoms with Crippen molar-refractivity contribution in [2.45, 2.75) is 47.9 Å². The van der Waals surface area contributed by atoms with Crippen LogP contribution in [0.1, 0.15) is 42.5 Å². The highest BCUT2D eigenvalue weighted by atomic mass is 32.2. The summed E-state index contributed by atoms with van der Waals surface area (Å²) < 4.78 is 33.7. The second kappa shape index (κ2) is 10.8. The number of hydrogen-bond acceptors (Lipinski definition) is 5. The number of thioether (sulfide) groups is 1. The van der Waals surface area contributed by atoms with E-state index in [9.17, 15) is 13.2 Å². The Balaban J connectivity index is 1.58. The van der Waals surface area contributed by atoms with E-state index in [0.717, 1.165) is 37.9 Å². The molecule has 6 nitrogen and oxygen atoms in total. The zero-order chi connectivity index (χ0) is 21.4. The third-order valence-electron chi connectivity index (χ3n) is 5.01. The Kier molecular flexibility index (Phi) is 8.18. The molecule has 0 saturated heterocycles. The van der Waals surface area contributed by atoms with Crippen LogP contribution in [0.4, 0.5) is 0 Å². The topological polar surface area (TPSA) is 84.5 Å². The van der Waals surface area contributed by atoms with Crippen LogP contribution in [0.2, 0.25) is 0 Å². The average molecular weight is 449 g/mol. The number of nitrogens with one attached hydrogen (secondary N) is 2. The lowest BCUT2D eigenvalue weighted by atomic mass is 10.2. The van der Waals surface area contributed by atoms with Gasteiger partial charge in [0.2, 0.25) is 10.0 Å². The normalized spacial score (nSPS) is 14.6. The minimum Gasteiger partial charge on any atom is -0.495 e. The van der Waals surface area contributed by atoms with Crippen molar-refractivity contribution in [3.8, 4) is 5.75 Å². The van der Waals surface area contributed by atoms with Crippen molar-refractivity contribution in [2.75, 3.05) is 19.4 Å². The van der Waals surface area contributed by atoms with Gasteiger partial charge in [0.1, 0.15) is 10.6 Å². The summed E-state index contributed by atoms with van der Waals surface area (Å²) in [5.74, 6) is 0.827. The number of sulfonamides is 1. The number of carbonyl (C=O) groups is 1. The molecule has 0 heterocycles. The van der Waals surface area contributed by atoms with Gasteiger partial charge >= 0.3 is 0 Å². The summed E-state index contributed by atoms with van der Waals surface area (Å²) in [5, 5.41) is 2.87. The monoisotopic (exact) mass is 448 g/mol. The molecule has 0 aliphatic heterocycles. The van der Waals surface area contributed by atoms with Gasteiger partial charge in [-0.2, -0.15) is 0 Å². The van der Waals surface area contributed by atoms with Crippen molar-refractivity contribution in [2.24, 2.45) is 0 Å². The van der Waals surface area contributed by atoms with Crippen LogP contribution >= 0.6 is 11.8 Å². The maximum atomic E-state index is 12.9. The largest absolute Gasteiger partial charge is 0.495 e. The van der Waals surface area contributed by atoms with E-state index >= 15 is 0 Å². The fourth-order valence-electron chi connectivity index (χ4n) is 3.44. The number of amides is 1. The molecule has 2 aromatic rings. The van der Waals surface area contributed by atoms with Crippen molar-refractivity contribution in [3.63, 3.8) is 0 Å². The Hall–Kier alpha value is -2.03. The lowest BCUT2D eigenvalue weighted by molar-refractivity contribution is 0.0953. The number of ether oxygens (including phenoxy) is 1. The molecule has 2 aromatic carbocycles. The molecule has 0 spiro atoms. The Labute approximate surface area is 182 Å². The van der Waals surface area contributed by atoms with E-state index in [1.165, 1.54) is 24.1 Å². The molecule has 0 bridgehead atoms. The quantitative estimate of drug-likeness (QED) is 0.426. The molecule has 1 fully saturated rings. The summed E-state index contributed by atoms with van der Waals surface area (Å²) in [5.41, 5.74) is 0.304. The van der Waals surface area contributed by atoms with Gasteiger partial charge in [0.25, 0.3) is 5.91 Å². The molecule has 162 valence electrons. The summed E-state index contributed by atoms with van der Waals surface area (Å²) >= 11 is 1.74. The first-order valence-corrected chi connectivity index (χ1v) is 12.6. The van der Waals surface area contributed by atoms with E-state index in [4.69, 9.17) is 4.74 Å². The molecule has 8 heteroatoms. The van der Waals surface area contributed by atoms with Crippen molar-refractivity contribution < 1.29 is 17.9 Å². The van der Waals surface area contributed by atoms with Gasteiger partial charge in [-0.15, -0.1) is 11.8 Å². The van der Waals surface area contributed by atoms with E-state index in [0.29, 0.717) is 12.1 Å². The van der Waals surface area contributed by atoms with Crippen LogP contribution < -0.4 is 14.8 Å². The second-order valence-corrected chi connectivity index (χ2v) is 10.1. The van der Waals surface area contributed by atoms with E-state index in [2.05, 4.69) is 22.2 Å². The van der Waals surface area contributed by atoms with Gasteiger partial charge < -0.3 is 10.1 Å². The summed E-state index contributed by atoms with van der Waals surface area (Å²) in [6, 6.07) is 14.6. The molecular weight excluding hydrogens is 420 g/mol. The van der Waals surface area contributed by atoms with E-state index < -0.39 is 10.0 Å². The minimum absolute atomic E-state index is 0.00387. The van der Waals surface area contributed by atoms with Crippen molar-refractivity contribution in [1.82, 2.24) is 10.0 Å². The van der Waals surface area contributed by atoms with E-state index in [1.54, 1.807) is 17.8 Å². The maximum Gasteiger partial charge on any atom is 0.251 e. The molecule has 0 unspecified atom stereocenters. The van der Waals surface area contributed by atoms with Gasteiger partial charge in [0.05, 0.1) is 7.11 Å². The summed E-state index contributed by atoms with van der Waals surface area (Å²) in [4.78, 5) is 13.7. The third-order valence-corrected chi connectivity index (χ3v) is 7.65. The van der Waals surface area contributed by atoms with E-state index in [1.807, 2.05) is 18.2 Å². The van der Waals surface area contributed by atoms with Crippen molar-refractivity contribution >= 4 is 27.7 Å². The Bertz CT molecular complexity index is 943. The van der Waals surface area contributed by atoms with Crippen LogP contribution in [0, 0.1) is 0 Å². The predicted octanol–water partition coefficient (Wildman–Crippen LogP) is 3.83. The highest BCUT2D eigenvalue weighted by molar-refractivity contribution is 7.99. The van der Waals surface area contributed by atoms with Gasteiger partial charge in [-0.1, -0.05) is 31.0 Å². The molecular formula is C22H28N2O4S2. The fraction of sp³-hybridized carbons (Fsp3) is 0.409. The Morgan fingerprint density at radius 1 is 1.13 bits per heavy atom. The third kappa shape index (κ3) is 6.23. The lowest BCUT2D eigenvalue weighted by Gasteiger charge is -2.15. The van der Waals surface area contributed by atoms with Crippen LogP contribution in [0.25, 0.3) is 0 Å². The summed E-state index contributed by atoms with van der Waals surface area (Å²) in [6.07, 6.45) is 4.53. The molecule has 0 radical (unpaired) electrons. The zero-order valence-electron chi connectivity index (χ0n) is 17.1. The van der Waals surface area contributed by atoms with Crippen LogP contribution in [0.5, 0.6) is 5.75 Å². The Morgan fingerprint density at radius 2 is 1.87 bits per heavy atom. The highest BCUT2D eigenvalue weighted by Crippen LogP contribution is 2.27. The molecule has 0 aromatic heterocycles. The van der Waals surface area contributed by atoms with Gasteiger partial charge in [0.15, 0.2) is 0 Å². The molecule has 1 amide bonds. The molecule has 3 rings (SSSR count). The Morgan fingerprint density at radius 3 is 2.57 bits per heavy atom. The summed E-state index contributed by atoms with van der Waals surface area (Å²) in [7, 11) is -2.34. The zero-order valence-corrected chi connectivity index (χ0v) is 18.7. The number of carbonyl (C=O) groups excluding carboxylic acids is 1. The van der Waals surface area contributed by atoms with Gasteiger partial charge in [-0.05, 0) is 55.3 Å². The van der Waals surface area contributed by atoms with Crippen LogP contribution in [0.15, 0.2) is 58.3 Å². The van der Waals surface area contributed by atoms with Crippen molar-refractivity contribution in [1.29, 1.82) is 0 Å². The van der Waals surface area contributed by atoms with Crippen LogP contribution in [-0.4, -0.2) is 39.8 Å². The lowest BCUT2D eigenvalue weighted by Crippen LogP contribution is -2.33. The summed E-state index contributed by atoms with van der Waals surface area (Å²) in [6.45, 7) is 0.521. The average Bonchev–Trinajstić information content (AvgIpc) is 3.26. The van der Waals surface area contributed by atoms with Crippen LogP contribution in [0.3, 0.4) is 0 Å². The molecule has 1 saturated carbocycles. The maximum absolute atomic E-state index is 12.9. The van der Waals surface area contributed by atoms with Gasteiger partial charge in [-0.3, -0.25) is 4.79 Å².